The molecule has 4 heterocycles. The van der Waals surface area contributed by atoms with Crippen LogP contribution in [0.2, 0.25) is 0 Å². The highest BCUT2D eigenvalue weighted by Crippen LogP contribution is 2.27. The lowest BCUT2D eigenvalue weighted by atomic mass is 10.1. The number of hydrogen-bond donors (Lipinski definition) is 1. The third-order valence-electron chi connectivity index (χ3n) is 6.37. The van der Waals surface area contributed by atoms with Gasteiger partial charge in [-0.3, -0.25) is 14.3 Å². The van der Waals surface area contributed by atoms with E-state index in [0.29, 0.717) is 29.9 Å². The third kappa shape index (κ3) is 4.44. The van der Waals surface area contributed by atoms with Gasteiger partial charge in [-0.2, -0.15) is 4.98 Å². The molecule has 1 aliphatic rings. The zero-order valence-electron chi connectivity index (χ0n) is 20.3. The smallest absolute Gasteiger partial charge is 0.255 e. The molecule has 0 aliphatic carbocycles. The summed E-state index contributed by atoms with van der Waals surface area (Å²) >= 11 is 0. The molecule has 186 valence electrons. The minimum atomic E-state index is -0.514. The van der Waals surface area contributed by atoms with E-state index in [2.05, 4.69) is 36.8 Å². The lowest BCUT2D eigenvalue weighted by Gasteiger charge is -2.42. The van der Waals surface area contributed by atoms with Gasteiger partial charge in [-0.05, 0) is 44.2 Å². The van der Waals surface area contributed by atoms with E-state index in [0.717, 1.165) is 30.5 Å². The average Bonchev–Trinajstić information content (AvgIpc) is 3.37. The molecular weight excluding hydrogens is 463 g/mol. The van der Waals surface area contributed by atoms with Crippen molar-refractivity contribution in [2.24, 2.45) is 12.8 Å². The number of nitrogens with two attached hydrogens (primary N) is 1. The maximum Gasteiger partial charge on any atom is 0.255 e. The first-order valence-corrected chi connectivity index (χ1v) is 11.7. The molecule has 0 unspecified atom stereocenters. The van der Waals surface area contributed by atoms with Gasteiger partial charge in [0.2, 0.25) is 17.7 Å². The summed E-state index contributed by atoms with van der Waals surface area (Å²) in [6.45, 7) is 5.97. The highest BCUT2D eigenvalue weighted by Gasteiger charge is 2.27. The standard InChI is InChI=1S/C25H27FN8O2/c1-15-14-33(18-6-4-17(5-7-18)23-30-24(16(2)27)36-31-23)10-11-34(15)25-29-21(12-22(35)32(25)3)19-8-9-28-13-20(19)26/h4-9,12-13,15-16H,10-11,14,27H2,1-3H3/t15-,16-/m1/s1. The van der Waals surface area contributed by atoms with Crippen LogP contribution in [0.3, 0.4) is 0 Å². The van der Waals surface area contributed by atoms with E-state index in [4.69, 9.17) is 10.3 Å². The molecule has 2 atom stereocenters. The highest BCUT2D eigenvalue weighted by atomic mass is 19.1. The molecule has 1 aliphatic heterocycles. The summed E-state index contributed by atoms with van der Waals surface area (Å²) in [5.41, 5.74) is 8.03. The number of halogens is 1. The minimum Gasteiger partial charge on any atom is -0.368 e. The van der Waals surface area contributed by atoms with Gasteiger partial charge < -0.3 is 20.1 Å². The molecule has 1 saturated heterocycles. The van der Waals surface area contributed by atoms with Crippen LogP contribution in [0.5, 0.6) is 0 Å². The van der Waals surface area contributed by atoms with Gasteiger partial charge in [-0.25, -0.2) is 9.37 Å². The molecule has 5 rings (SSSR count). The van der Waals surface area contributed by atoms with Crippen LogP contribution in [0.15, 0.2) is 58.1 Å². The van der Waals surface area contributed by atoms with E-state index in [1.165, 1.54) is 22.9 Å². The molecule has 36 heavy (non-hydrogen) atoms. The van der Waals surface area contributed by atoms with Crippen LogP contribution in [-0.2, 0) is 7.05 Å². The number of aromatic nitrogens is 5. The van der Waals surface area contributed by atoms with Crippen LogP contribution in [0.4, 0.5) is 16.0 Å². The van der Waals surface area contributed by atoms with E-state index in [1.807, 2.05) is 24.3 Å². The van der Waals surface area contributed by atoms with Crippen molar-refractivity contribution in [2.75, 3.05) is 29.4 Å². The first kappa shape index (κ1) is 23.6. The molecule has 0 spiro atoms. The quantitative estimate of drug-likeness (QED) is 0.450. The topological polar surface area (TPSA) is 119 Å². The monoisotopic (exact) mass is 490 g/mol. The molecule has 10 nitrogen and oxygen atoms in total. The zero-order chi connectivity index (χ0) is 25.4. The number of piperazine rings is 1. The molecule has 11 heteroatoms. The Kier molecular flexibility index (Phi) is 6.23. The summed E-state index contributed by atoms with van der Waals surface area (Å²) < 4.78 is 21.0. The van der Waals surface area contributed by atoms with Gasteiger partial charge in [-0.15, -0.1) is 0 Å². The van der Waals surface area contributed by atoms with Crippen molar-refractivity contribution in [2.45, 2.75) is 25.9 Å². The third-order valence-corrected chi connectivity index (χ3v) is 6.37. The van der Waals surface area contributed by atoms with Crippen molar-refractivity contribution >= 4 is 11.6 Å². The number of rotatable bonds is 5. The summed E-state index contributed by atoms with van der Waals surface area (Å²) in [5, 5.41) is 4.01. The average molecular weight is 491 g/mol. The zero-order valence-corrected chi connectivity index (χ0v) is 20.3. The largest absolute Gasteiger partial charge is 0.368 e. The Labute approximate surface area is 207 Å². The normalized spacial score (nSPS) is 16.9. The molecule has 1 aromatic carbocycles. The van der Waals surface area contributed by atoms with Crippen molar-refractivity contribution in [1.82, 2.24) is 24.7 Å². The maximum absolute atomic E-state index is 14.3. The summed E-state index contributed by atoms with van der Waals surface area (Å²) in [6.07, 6.45) is 2.61. The van der Waals surface area contributed by atoms with Gasteiger partial charge in [0.05, 0.1) is 17.9 Å². The lowest BCUT2D eigenvalue weighted by molar-refractivity contribution is 0.362. The van der Waals surface area contributed by atoms with Crippen molar-refractivity contribution in [3.05, 3.63) is 70.9 Å². The van der Waals surface area contributed by atoms with Crippen LogP contribution >= 0.6 is 0 Å². The van der Waals surface area contributed by atoms with Gasteiger partial charge in [0.1, 0.15) is 0 Å². The first-order valence-electron chi connectivity index (χ1n) is 11.7. The first-order chi connectivity index (χ1) is 17.3. The van der Waals surface area contributed by atoms with Crippen LogP contribution in [-0.4, -0.2) is 50.4 Å². The lowest BCUT2D eigenvalue weighted by Crippen LogP contribution is -2.53. The minimum absolute atomic E-state index is 0.0554. The summed E-state index contributed by atoms with van der Waals surface area (Å²) in [7, 11) is 1.68. The van der Waals surface area contributed by atoms with Gasteiger partial charge >= 0.3 is 0 Å². The van der Waals surface area contributed by atoms with Gasteiger partial charge in [0, 0.05) is 61.8 Å². The van der Waals surface area contributed by atoms with E-state index in [9.17, 15) is 9.18 Å². The van der Waals surface area contributed by atoms with Crippen LogP contribution in [0.1, 0.15) is 25.8 Å². The fourth-order valence-corrected chi connectivity index (χ4v) is 4.35. The van der Waals surface area contributed by atoms with Crippen molar-refractivity contribution < 1.29 is 8.91 Å². The van der Waals surface area contributed by atoms with Crippen molar-refractivity contribution in [3.63, 3.8) is 0 Å². The second-order valence-electron chi connectivity index (χ2n) is 8.97. The number of nitrogens with zero attached hydrogens (tertiary/aromatic N) is 7. The van der Waals surface area contributed by atoms with Crippen molar-refractivity contribution in [1.29, 1.82) is 0 Å². The molecular formula is C25H27FN8O2. The fourth-order valence-electron chi connectivity index (χ4n) is 4.35. The maximum atomic E-state index is 14.3. The second-order valence-corrected chi connectivity index (χ2v) is 8.97. The Morgan fingerprint density at radius 2 is 1.94 bits per heavy atom. The highest BCUT2D eigenvalue weighted by molar-refractivity contribution is 5.62. The Bertz CT molecular complexity index is 1430. The van der Waals surface area contributed by atoms with Gasteiger partial charge in [-0.1, -0.05) is 5.16 Å². The van der Waals surface area contributed by atoms with E-state index >= 15 is 0 Å². The number of hydrogen-bond acceptors (Lipinski definition) is 9. The summed E-state index contributed by atoms with van der Waals surface area (Å²) in [4.78, 5) is 29.8. The molecule has 0 amide bonds. The number of anilines is 2. The van der Waals surface area contributed by atoms with Crippen molar-refractivity contribution in [3.8, 4) is 22.6 Å². The van der Waals surface area contributed by atoms with E-state index < -0.39 is 5.82 Å². The molecule has 0 saturated carbocycles. The Balaban J connectivity index is 1.35. The predicted molar refractivity (Wildman–Crippen MR) is 134 cm³/mol. The molecule has 1 fully saturated rings. The molecule has 2 N–H and O–H groups in total. The molecule has 4 aromatic rings. The van der Waals surface area contributed by atoms with Crippen LogP contribution in [0.25, 0.3) is 22.6 Å². The molecule has 3 aromatic heterocycles. The van der Waals surface area contributed by atoms with Gasteiger partial charge in [0.15, 0.2) is 5.82 Å². The molecule has 0 bridgehead atoms. The number of benzene rings is 1. The fraction of sp³-hybridized carbons (Fsp3) is 0.320. The van der Waals surface area contributed by atoms with E-state index in [-0.39, 0.29) is 23.2 Å². The summed E-state index contributed by atoms with van der Waals surface area (Å²) in [6, 6.07) is 10.6. The Morgan fingerprint density at radius 3 is 2.61 bits per heavy atom. The van der Waals surface area contributed by atoms with E-state index in [1.54, 1.807) is 14.0 Å². The Hall–Kier alpha value is -4.12. The SMILES string of the molecule is C[C@@H]1CN(c2ccc(-c3noc([C@@H](C)N)n3)cc2)CCN1c1nc(-c2ccncc2F)cc(=O)n1C. The second kappa shape index (κ2) is 9.50. The number of pyridine rings is 1. The predicted octanol–water partition coefficient (Wildman–Crippen LogP) is 2.77. The van der Waals surface area contributed by atoms with Gasteiger partial charge in [0.25, 0.3) is 5.56 Å². The Morgan fingerprint density at radius 1 is 1.17 bits per heavy atom. The molecule has 0 radical (unpaired) electrons. The summed E-state index contributed by atoms with van der Waals surface area (Å²) in [5.74, 6) is 0.903. The van der Waals surface area contributed by atoms with Crippen LogP contribution < -0.4 is 21.1 Å². The van der Waals surface area contributed by atoms with Crippen LogP contribution in [0, 0.1) is 5.82 Å².